The molecule has 0 aromatic heterocycles. The number of rotatable bonds is 4. The van der Waals surface area contributed by atoms with Crippen LogP contribution in [0.2, 0.25) is 0 Å². The lowest BCUT2D eigenvalue weighted by Gasteiger charge is -2.41. The highest BCUT2D eigenvalue weighted by molar-refractivity contribution is 4.92. The van der Waals surface area contributed by atoms with Crippen LogP contribution in [0.3, 0.4) is 0 Å². The van der Waals surface area contributed by atoms with Crippen LogP contribution in [-0.4, -0.2) is 38.5 Å². The van der Waals surface area contributed by atoms with Gasteiger partial charge in [-0.05, 0) is 20.9 Å². The molecule has 0 aromatic rings. The zero-order valence-electron chi connectivity index (χ0n) is 8.93. The highest BCUT2D eigenvalue weighted by Crippen LogP contribution is 2.28. The van der Waals surface area contributed by atoms with Crippen LogP contribution in [0.4, 0.5) is 0 Å². The molecule has 1 atom stereocenters. The van der Waals surface area contributed by atoms with E-state index in [0.717, 1.165) is 32.7 Å². The molecule has 1 unspecified atom stereocenters. The molecule has 1 N–H and O–H groups in total. The van der Waals surface area contributed by atoms with Gasteiger partial charge in [-0.25, -0.2) is 0 Å². The van der Waals surface area contributed by atoms with Gasteiger partial charge >= 0.3 is 0 Å². The fourth-order valence-corrected chi connectivity index (χ4v) is 1.97. The van der Waals surface area contributed by atoms with E-state index < -0.39 is 0 Å². The Kier molecular flexibility index (Phi) is 4.16. The van der Waals surface area contributed by atoms with Crippen LogP contribution in [-0.2, 0) is 9.47 Å². The Morgan fingerprint density at radius 3 is 2.54 bits per heavy atom. The predicted molar refractivity (Wildman–Crippen MR) is 52.9 cm³/mol. The quantitative estimate of drug-likeness (QED) is 0.717. The van der Waals surface area contributed by atoms with E-state index in [-0.39, 0.29) is 5.60 Å². The Morgan fingerprint density at radius 1 is 1.46 bits per heavy atom. The van der Waals surface area contributed by atoms with E-state index in [0.29, 0.717) is 6.04 Å². The van der Waals surface area contributed by atoms with Crippen LogP contribution < -0.4 is 5.32 Å². The van der Waals surface area contributed by atoms with Gasteiger partial charge in [0.25, 0.3) is 0 Å². The number of nitrogens with one attached hydrogen (secondary N) is 1. The maximum atomic E-state index is 5.88. The lowest BCUT2D eigenvalue weighted by atomic mass is 9.87. The van der Waals surface area contributed by atoms with Crippen molar-refractivity contribution in [2.45, 2.75) is 38.3 Å². The van der Waals surface area contributed by atoms with Crippen molar-refractivity contribution >= 4 is 0 Å². The summed E-state index contributed by atoms with van der Waals surface area (Å²) in [5, 5.41) is 3.28. The summed E-state index contributed by atoms with van der Waals surface area (Å²) in [7, 11) is 1.99. The first-order valence-corrected chi connectivity index (χ1v) is 5.14. The van der Waals surface area contributed by atoms with Gasteiger partial charge in [-0.1, -0.05) is 0 Å². The van der Waals surface area contributed by atoms with Gasteiger partial charge < -0.3 is 14.8 Å². The molecule has 0 aliphatic carbocycles. The minimum Gasteiger partial charge on any atom is -0.381 e. The van der Waals surface area contributed by atoms with Crippen molar-refractivity contribution in [1.82, 2.24) is 5.32 Å². The summed E-state index contributed by atoms with van der Waals surface area (Å²) in [6.45, 7) is 6.67. The third kappa shape index (κ3) is 2.42. The maximum absolute atomic E-state index is 5.88. The lowest BCUT2D eigenvalue weighted by Crippen LogP contribution is -2.53. The molecular formula is C10H21NO2. The normalized spacial score (nSPS) is 24.2. The molecule has 0 saturated carbocycles. The standard InChI is InChI=1S/C10H21NO2/c1-4-13-10(9(2)11-3)5-7-12-8-6-10/h9,11H,4-8H2,1-3H3. The molecule has 1 aliphatic heterocycles. The van der Waals surface area contributed by atoms with Gasteiger partial charge in [0.2, 0.25) is 0 Å². The largest absolute Gasteiger partial charge is 0.381 e. The molecule has 0 bridgehead atoms. The van der Waals surface area contributed by atoms with Crippen molar-refractivity contribution < 1.29 is 9.47 Å². The minimum atomic E-state index is 0.00174. The Bertz CT molecular complexity index is 138. The Balaban J connectivity index is 2.60. The first-order valence-electron chi connectivity index (χ1n) is 5.14. The summed E-state index contributed by atoms with van der Waals surface area (Å²) in [5.41, 5.74) is 0.00174. The molecule has 1 heterocycles. The lowest BCUT2D eigenvalue weighted by molar-refractivity contribution is -0.122. The Labute approximate surface area is 80.8 Å². The molecule has 1 saturated heterocycles. The van der Waals surface area contributed by atoms with Crippen LogP contribution in [0.5, 0.6) is 0 Å². The molecule has 0 amide bonds. The van der Waals surface area contributed by atoms with Crippen molar-refractivity contribution in [3.8, 4) is 0 Å². The van der Waals surface area contributed by atoms with Crippen LogP contribution >= 0.6 is 0 Å². The zero-order valence-corrected chi connectivity index (χ0v) is 8.93. The van der Waals surface area contributed by atoms with Gasteiger partial charge in [0.1, 0.15) is 0 Å². The minimum absolute atomic E-state index is 0.00174. The first kappa shape index (κ1) is 11.0. The van der Waals surface area contributed by atoms with Crippen LogP contribution in [0, 0.1) is 0 Å². The molecule has 0 radical (unpaired) electrons. The average Bonchev–Trinajstić information content (AvgIpc) is 2.18. The number of likely N-dealkylation sites (N-methyl/N-ethyl adjacent to an activating group) is 1. The Hall–Kier alpha value is -0.120. The summed E-state index contributed by atoms with van der Waals surface area (Å²) >= 11 is 0. The molecule has 3 nitrogen and oxygen atoms in total. The van der Waals surface area contributed by atoms with Gasteiger partial charge in [0.05, 0.1) is 5.60 Å². The van der Waals surface area contributed by atoms with Crippen molar-refractivity contribution in [1.29, 1.82) is 0 Å². The summed E-state index contributed by atoms with van der Waals surface area (Å²) in [4.78, 5) is 0. The second kappa shape index (κ2) is 4.94. The van der Waals surface area contributed by atoms with Crippen molar-refractivity contribution in [3.05, 3.63) is 0 Å². The second-order valence-corrected chi connectivity index (χ2v) is 3.62. The number of hydrogen-bond acceptors (Lipinski definition) is 3. The van der Waals surface area contributed by atoms with Gasteiger partial charge in [0, 0.05) is 38.7 Å². The van der Waals surface area contributed by atoms with E-state index in [9.17, 15) is 0 Å². The van der Waals surface area contributed by atoms with Crippen molar-refractivity contribution in [2.24, 2.45) is 0 Å². The summed E-state index contributed by atoms with van der Waals surface area (Å²) < 4.78 is 11.2. The molecule has 1 aliphatic rings. The number of ether oxygens (including phenoxy) is 2. The SMILES string of the molecule is CCOC1(C(C)NC)CCOCC1. The summed E-state index contributed by atoms with van der Waals surface area (Å²) in [6, 6.07) is 0.399. The van der Waals surface area contributed by atoms with E-state index in [1.807, 2.05) is 7.05 Å². The summed E-state index contributed by atoms with van der Waals surface area (Å²) in [6.07, 6.45) is 2.01. The topological polar surface area (TPSA) is 30.5 Å². The maximum Gasteiger partial charge on any atom is 0.0875 e. The molecule has 78 valence electrons. The highest BCUT2D eigenvalue weighted by Gasteiger charge is 2.37. The highest BCUT2D eigenvalue weighted by atomic mass is 16.5. The molecule has 1 fully saturated rings. The van der Waals surface area contributed by atoms with Crippen LogP contribution in [0.1, 0.15) is 26.7 Å². The van der Waals surface area contributed by atoms with E-state index in [4.69, 9.17) is 9.47 Å². The molecular weight excluding hydrogens is 166 g/mol. The van der Waals surface area contributed by atoms with E-state index >= 15 is 0 Å². The predicted octanol–water partition coefficient (Wildman–Crippen LogP) is 1.18. The van der Waals surface area contributed by atoms with E-state index in [1.165, 1.54) is 0 Å². The first-order chi connectivity index (χ1) is 6.25. The fraction of sp³-hybridized carbons (Fsp3) is 1.00. The molecule has 0 aromatic carbocycles. The van der Waals surface area contributed by atoms with Crippen molar-refractivity contribution in [3.63, 3.8) is 0 Å². The summed E-state index contributed by atoms with van der Waals surface area (Å²) in [5.74, 6) is 0. The smallest absolute Gasteiger partial charge is 0.0875 e. The monoisotopic (exact) mass is 187 g/mol. The van der Waals surface area contributed by atoms with Gasteiger partial charge in [-0.15, -0.1) is 0 Å². The van der Waals surface area contributed by atoms with Gasteiger partial charge in [-0.3, -0.25) is 0 Å². The van der Waals surface area contributed by atoms with Crippen LogP contribution in [0.25, 0.3) is 0 Å². The second-order valence-electron chi connectivity index (χ2n) is 3.62. The average molecular weight is 187 g/mol. The van der Waals surface area contributed by atoms with E-state index in [1.54, 1.807) is 0 Å². The van der Waals surface area contributed by atoms with Gasteiger partial charge in [0.15, 0.2) is 0 Å². The van der Waals surface area contributed by atoms with Crippen molar-refractivity contribution in [2.75, 3.05) is 26.9 Å². The van der Waals surface area contributed by atoms with Crippen LogP contribution in [0.15, 0.2) is 0 Å². The molecule has 1 rings (SSSR count). The third-order valence-electron chi connectivity index (χ3n) is 2.99. The Morgan fingerprint density at radius 2 is 2.08 bits per heavy atom. The zero-order chi connectivity index (χ0) is 9.73. The van der Waals surface area contributed by atoms with Gasteiger partial charge in [-0.2, -0.15) is 0 Å². The fourth-order valence-electron chi connectivity index (χ4n) is 1.97. The molecule has 13 heavy (non-hydrogen) atoms. The third-order valence-corrected chi connectivity index (χ3v) is 2.99. The molecule has 0 spiro atoms. The molecule has 3 heteroatoms. The van der Waals surface area contributed by atoms with E-state index in [2.05, 4.69) is 19.2 Å². The number of hydrogen-bond donors (Lipinski definition) is 1.